The lowest BCUT2D eigenvalue weighted by Gasteiger charge is -2.08. The number of halogens is 2. The number of carbonyl (C=O) groups is 1. The van der Waals surface area contributed by atoms with E-state index < -0.39 is 0 Å². The molecule has 0 aliphatic rings. The smallest absolute Gasteiger partial charge is 0.251 e. The van der Waals surface area contributed by atoms with Crippen molar-refractivity contribution in [1.82, 2.24) is 10.3 Å². The van der Waals surface area contributed by atoms with E-state index in [0.29, 0.717) is 33.7 Å². The molecule has 0 spiro atoms. The van der Waals surface area contributed by atoms with E-state index in [-0.39, 0.29) is 5.91 Å². The highest BCUT2D eigenvalue weighted by molar-refractivity contribution is 7.13. The van der Waals surface area contributed by atoms with Crippen molar-refractivity contribution in [1.29, 1.82) is 0 Å². The molecule has 4 rings (SSSR count). The van der Waals surface area contributed by atoms with E-state index in [1.54, 1.807) is 43.8 Å². The summed E-state index contributed by atoms with van der Waals surface area (Å²) >= 11 is 13.5. The number of hydrogen-bond acceptors (Lipinski definition) is 5. The standard InChI is InChI=1S/C25H20Cl2N2O3S/c1-31-22-10-8-17(12-23(22)32-2)21-14-33-25(29-21)16-5-3-15(4-6-16)13-28-24(30)18-7-9-19(26)20(27)11-18/h3-12,14H,13H2,1-2H3,(H,28,30). The van der Waals surface area contributed by atoms with E-state index >= 15 is 0 Å². The Hall–Kier alpha value is -3.06. The predicted octanol–water partition coefficient (Wildman–Crippen LogP) is 6.73. The van der Waals surface area contributed by atoms with E-state index in [0.717, 1.165) is 27.4 Å². The zero-order valence-corrected chi connectivity index (χ0v) is 20.2. The fraction of sp³-hybridized carbons (Fsp3) is 0.120. The summed E-state index contributed by atoms with van der Waals surface area (Å²) in [5.74, 6) is 1.13. The van der Waals surface area contributed by atoms with Crippen LogP contribution in [0.1, 0.15) is 15.9 Å². The van der Waals surface area contributed by atoms with Crippen LogP contribution in [0.2, 0.25) is 10.0 Å². The molecule has 1 aromatic heterocycles. The van der Waals surface area contributed by atoms with Gasteiger partial charge in [-0.25, -0.2) is 4.98 Å². The molecule has 0 aliphatic heterocycles. The quantitative estimate of drug-likeness (QED) is 0.306. The Labute approximate surface area is 205 Å². The van der Waals surface area contributed by atoms with Crippen LogP contribution in [0.15, 0.2) is 66.0 Å². The van der Waals surface area contributed by atoms with Gasteiger partial charge >= 0.3 is 0 Å². The maximum absolute atomic E-state index is 12.4. The van der Waals surface area contributed by atoms with Gasteiger partial charge in [0.1, 0.15) is 5.01 Å². The summed E-state index contributed by atoms with van der Waals surface area (Å²) in [7, 11) is 3.23. The van der Waals surface area contributed by atoms with Gasteiger partial charge < -0.3 is 14.8 Å². The molecule has 4 aromatic rings. The minimum absolute atomic E-state index is 0.211. The number of ether oxygens (including phenoxy) is 2. The van der Waals surface area contributed by atoms with E-state index in [2.05, 4.69) is 5.32 Å². The third kappa shape index (κ3) is 5.30. The largest absolute Gasteiger partial charge is 0.493 e. The molecule has 0 atom stereocenters. The van der Waals surface area contributed by atoms with Crippen LogP contribution < -0.4 is 14.8 Å². The van der Waals surface area contributed by atoms with Crippen LogP contribution in [-0.2, 0) is 6.54 Å². The molecule has 5 nitrogen and oxygen atoms in total. The Morgan fingerprint density at radius 2 is 1.64 bits per heavy atom. The SMILES string of the molecule is COc1ccc(-c2csc(-c3ccc(CNC(=O)c4ccc(Cl)c(Cl)c4)cc3)n2)cc1OC. The Kier molecular flexibility index (Phi) is 7.18. The molecular formula is C25H20Cl2N2O3S. The lowest BCUT2D eigenvalue weighted by atomic mass is 10.1. The van der Waals surface area contributed by atoms with Gasteiger partial charge in [0.05, 0.1) is 30.0 Å². The number of benzene rings is 3. The number of aromatic nitrogens is 1. The molecular weight excluding hydrogens is 479 g/mol. The normalized spacial score (nSPS) is 10.7. The zero-order valence-electron chi connectivity index (χ0n) is 17.9. The minimum atomic E-state index is -0.211. The Bertz CT molecular complexity index is 1290. The van der Waals surface area contributed by atoms with Crippen molar-refractivity contribution in [2.45, 2.75) is 6.54 Å². The van der Waals surface area contributed by atoms with E-state index in [4.69, 9.17) is 37.7 Å². The first-order chi connectivity index (χ1) is 16.0. The third-order valence-electron chi connectivity index (χ3n) is 5.02. The second kappa shape index (κ2) is 10.3. The number of hydrogen-bond donors (Lipinski definition) is 1. The van der Waals surface area contributed by atoms with Crippen molar-refractivity contribution in [3.05, 3.63) is 87.2 Å². The fourth-order valence-electron chi connectivity index (χ4n) is 3.22. The van der Waals surface area contributed by atoms with Crippen molar-refractivity contribution in [2.24, 2.45) is 0 Å². The van der Waals surface area contributed by atoms with Crippen molar-refractivity contribution < 1.29 is 14.3 Å². The number of thiazole rings is 1. The third-order valence-corrected chi connectivity index (χ3v) is 6.65. The highest BCUT2D eigenvalue weighted by atomic mass is 35.5. The molecule has 168 valence electrons. The van der Waals surface area contributed by atoms with Crippen molar-refractivity contribution >= 4 is 40.4 Å². The molecule has 0 unspecified atom stereocenters. The van der Waals surface area contributed by atoms with Gasteiger partial charge in [-0.2, -0.15) is 0 Å². The van der Waals surface area contributed by atoms with Crippen LogP contribution in [0.5, 0.6) is 11.5 Å². The fourth-order valence-corrected chi connectivity index (χ4v) is 4.35. The number of methoxy groups -OCH3 is 2. The van der Waals surface area contributed by atoms with Crippen LogP contribution in [0, 0.1) is 0 Å². The first-order valence-corrected chi connectivity index (χ1v) is 11.6. The lowest BCUT2D eigenvalue weighted by molar-refractivity contribution is 0.0951. The van der Waals surface area contributed by atoms with Crippen molar-refractivity contribution in [3.8, 4) is 33.3 Å². The highest BCUT2D eigenvalue weighted by Crippen LogP contribution is 2.34. The van der Waals surface area contributed by atoms with E-state index in [9.17, 15) is 4.79 Å². The Morgan fingerprint density at radius 3 is 2.33 bits per heavy atom. The van der Waals surface area contributed by atoms with Crippen LogP contribution >= 0.6 is 34.5 Å². The van der Waals surface area contributed by atoms with Crippen LogP contribution in [0.3, 0.4) is 0 Å². The minimum Gasteiger partial charge on any atom is -0.493 e. The summed E-state index contributed by atoms with van der Waals surface area (Å²) in [6.45, 7) is 0.397. The van der Waals surface area contributed by atoms with E-state index in [1.807, 2.05) is 47.8 Å². The highest BCUT2D eigenvalue weighted by Gasteiger charge is 2.11. The molecule has 0 saturated heterocycles. The average Bonchev–Trinajstić information content (AvgIpc) is 3.34. The topological polar surface area (TPSA) is 60.5 Å². The maximum atomic E-state index is 12.4. The maximum Gasteiger partial charge on any atom is 0.251 e. The molecule has 1 amide bonds. The molecule has 33 heavy (non-hydrogen) atoms. The summed E-state index contributed by atoms with van der Waals surface area (Å²) in [4.78, 5) is 17.1. The van der Waals surface area contributed by atoms with Gasteiger partial charge in [-0.05, 0) is 42.0 Å². The van der Waals surface area contributed by atoms with Gasteiger partial charge in [0, 0.05) is 28.6 Å². The first kappa shape index (κ1) is 23.1. The van der Waals surface area contributed by atoms with Gasteiger partial charge in [-0.1, -0.05) is 47.5 Å². The van der Waals surface area contributed by atoms with Gasteiger partial charge in [-0.3, -0.25) is 4.79 Å². The molecule has 0 aliphatic carbocycles. The predicted molar refractivity (Wildman–Crippen MR) is 134 cm³/mol. The van der Waals surface area contributed by atoms with Gasteiger partial charge in [-0.15, -0.1) is 11.3 Å². The number of amides is 1. The average molecular weight is 499 g/mol. The van der Waals surface area contributed by atoms with Crippen molar-refractivity contribution in [3.63, 3.8) is 0 Å². The molecule has 0 saturated carbocycles. The molecule has 0 bridgehead atoms. The summed E-state index contributed by atoms with van der Waals surface area (Å²) in [6.07, 6.45) is 0. The molecule has 8 heteroatoms. The lowest BCUT2D eigenvalue weighted by Crippen LogP contribution is -2.22. The van der Waals surface area contributed by atoms with Crippen LogP contribution in [0.4, 0.5) is 0 Å². The molecule has 0 fully saturated rings. The summed E-state index contributed by atoms with van der Waals surface area (Å²) in [6, 6.07) is 18.5. The number of nitrogens with one attached hydrogen (secondary N) is 1. The molecule has 1 N–H and O–H groups in total. The Morgan fingerprint density at radius 1 is 0.909 bits per heavy atom. The summed E-state index contributed by atoms with van der Waals surface area (Å²) < 4.78 is 10.7. The molecule has 1 heterocycles. The summed E-state index contributed by atoms with van der Waals surface area (Å²) in [5, 5.41) is 6.58. The van der Waals surface area contributed by atoms with Gasteiger partial charge in [0.25, 0.3) is 5.91 Å². The number of carbonyl (C=O) groups excluding carboxylic acids is 1. The molecule has 0 radical (unpaired) electrons. The van der Waals surface area contributed by atoms with Gasteiger partial charge in [0.15, 0.2) is 11.5 Å². The monoisotopic (exact) mass is 498 g/mol. The van der Waals surface area contributed by atoms with Crippen LogP contribution in [-0.4, -0.2) is 25.1 Å². The van der Waals surface area contributed by atoms with Crippen LogP contribution in [0.25, 0.3) is 21.8 Å². The first-order valence-electron chi connectivity index (χ1n) is 9.99. The Balaban J connectivity index is 1.43. The zero-order chi connectivity index (χ0) is 23.4. The number of nitrogens with zero attached hydrogens (tertiary/aromatic N) is 1. The van der Waals surface area contributed by atoms with Gasteiger partial charge in [0.2, 0.25) is 0 Å². The summed E-state index contributed by atoms with van der Waals surface area (Å²) in [5.41, 5.74) is 4.27. The molecule has 3 aromatic carbocycles. The van der Waals surface area contributed by atoms with E-state index in [1.165, 1.54) is 0 Å². The number of rotatable bonds is 7. The van der Waals surface area contributed by atoms with Crippen molar-refractivity contribution in [2.75, 3.05) is 14.2 Å². The second-order valence-electron chi connectivity index (χ2n) is 7.12. The second-order valence-corrected chi connectivity index (χ2v) is 8.79.